The SMILES string of the molecule is Nc1ccc(N2CCN(C3CC3)CC2)cc1C1CC1. The van der Waals surface area contributed by atoms with Crippen LogP contribution in [-0.2, 0) is 0 Å². The highest BCUT2D eigenvalue weighted by Crippen LogP contribution is 2.44. The molecule has 2 aliphatic carbocycles. The van der Waals surface area contributed by atoms with Crippen LogP contribution in [-0.4, -0.2) is 37.1 Å². The number of benzene rings is 1. The Labute approximate surface area is 115 Å². The van der Waals surface area contributed by atoms with Crippen LogP contribution >= 0.6 is 0 Å². The van der Waals surface area contributed by atoms with E-state index in [1.807, 2.05) is 0 Å². The van der Waals surface area contributed by atoms with Crippen molar-refractivity contribution in [3.05, 3.63) is 23.8 Å². The molecule has 1 aliphatic heterocycles. The van der Waals surface area contributed by atoms with Crippen molar-refractivity contribution >= 4 is 11.4 Å². The van der Waals surface area contributed by atoms with E-state index in [4.69, 9.17) is 5.73 Å². The summed E-state index contributed by atoms with van der Waals surface area (Å²) in [6.07, 6.45) is 5.49. The van der Waals surface area contributed by atoms with E-state index in [0.717, 1.165) is 17.6 Å². The molecule has 0 unspecified atom stereocenters. The summed E-state index contributed by atoms with van der Waals surface area (Å²) in [6, 6.07) is 7.57. The smallest absolute Gasteiger partial charge is 0.0371 e. The standard InChI is InChI=1S/C16H23N3/c17-16-6-5-14(11-15(16)12-1-2-12)19-9-7-18(8-10-19)13-3-4-13/h5-6,11-13H,1-4,7-10,17H2. The number of piperazine rings is 1. The lowest BCUT2D eigenvalue weighted by atomic mass is 10.1. The normalized spacial score (nSPS) is 24.7. The van der Waals surface area contributed by atoms with Crippen LogP contribution in [0.2, 0.25) is 0 Å². The Balaban J connectivity index is 1.48. The second-order valence-electron chi connectivity index (χ2n) is 6.34. The van der Waals surface area contributed by atoms with Crippen molar-refractivity contribution in [1.29, 1.82) is 0 Å². The van der Waals surface area contributed by atoms with Crippen LogP contribution in [0.4, 0.5) is 11.4 Å². The molecular weight excluding hydrogens is 234 g/mol. The van der Waals surface area contributed by atoms with Crippen molar-refractivity contribution in [1.82, 2.24) is 4.90 Å². The zero-order chi connectivity index (χ0) is 12.8. The zero-order valence-electron chi connectivity index (χ0n) is 11.5. The molecule has 0 spiro atoms. The van der Waals surface area contributed by atoms with Gasteiger partial charge >= 0.3 is 0 Å². The van der Waals surface area contributed by atoms with E-state index in [1.165, 1.54) is 63.1 Å². The van der Waals surface area contributed by atoms with Crippen molar-refractivity contribution in [2.45, 2.75) is 37.6 Å². The molecule has 4 rings (SSSR count). The zero-order valence-corrected chi connectivity index (χ0v) is 11.5. The van der Waals surface area contributed by atoms with Crippen molar-refractivity contribution in [2.24, 2.45) is 0 Å². The van der Waals surface area contributed by atoms with Crippen LogP contribution in [0, 0.1) is 0 Å². The molecule has 3 aliphatic rings. The Kier molecular flexibility index (Phi) is 2.69. The van der Waals surface area contributed by atoms with Gasteiger partial charge in [-0.1, -0.05) is 0 Å². The van der Waals surface area contributed by atoms with E-state index in [9.17, 15) is 0 Å². The lowest BCUT2D eigenvalue weighted by Gasteiger charge is -2.36. The predicted molar refractivity (Wildman–Crippen MR) is 79.6 cm³/mol. The predicted octanol–water partition coefficient (Wildman–Crippen LogP) is 2.43. The highest BCUT2D eigenvalue weighted by molar-refractivity contribution is 5.60. The second kappa shape index (κ2) is 4.41. The molecule has 102 valence electrons. The molecular formula is C16H23N3. The Morgan fingerprint density at radius 3 is 2.32 bits per heavy atom. The molecule has 1 saturated heterocycles. The topological polar surface area (TPSA) is 32.5 Å². The van der Waals surface area contributed by atoms with Gasteiger partial charge in [-0.05, 0) is 55.4 Å². The number of hydrogen-bond acceptors (Lipinski definition) is 3. The highest BCUT2D eigenvalue weighted by Gasteiger charge is 2.31. The minimum atomic E-state index is 0.743. The van der Waals surface area contributed by atoms with Gasteiger partial charge in [0.05, 0.1) is 0 Å². The molecule has 1 aromatic rings. The van der Waals surface area contributed by atoms with Crippen molar-refractivity contribution in [3.63, 3.8) is 0 Å². The van der Waals surface area contributed by atoms with Gasteiger partial charge in [0, 0.05) is 43.6 Å². The Morgan fingerprint density at radius 1 is 0.947 bits per heavy atom. The van der Waals surface area contributed by atoms with Crippen LogP contribution in [0.3, 0.4) is 0 Å². The quantitative estimate of drug-likeness (QED) is 0.844. The van der Waals surface area contributed by atoms with Crippen LogP contribution in [0.5, 0.6) is 0 Å². The molecule has 19 heavy (non-hydrogen) atoms. The summed E-state index contributed by atoms with van der Waals surface area (Å²) in [4.78, 5) is 5.19. The van der Waals surface area contributed by atoms with Crippen LogP contribution < -0.4 is 10.6 Å². The first-order valence-corrected chi connectivity index (χ1v) is 7.70. The molecule has 1 heterocycles. The third-order valence-electron chi connectivity index (χ3n) is 4.83. The number of nitrogens with zero attached hydrogens (tertiary/aromatic N) is 2. The summed E-state index contributed by atoms with van der Waals surface area (Å²) in [5.74, 6) is 0.743. The van der Waals surface area contributed by atoms with E-state index in [2.05, 4.69) is 28.0 Å². The van der Waals surface area contributed by atoms with E-state index >= 15 is 0 Å². The minimum absolute atomic E-state index is 0.743. The first-order chi connectivity index (χ1) is 9.31. The number of nitrogens with two attached hydrogens (primary N) is 1. The third-order valence-corrected chi connectivity index (χ3v) is 4.83. The fourth-order valence-corrected chi connectivity index (χ4v) is 3.29. The van der Waals surface area contributed by atoms with Crippen LogP contribution in [0.25, 0.3) is 0 Å². The van der Waals surface area contributed by atoms with E-state index < -0.39 is 0 Å². The first kappa shape index (κ1) is 11.6. The van der Waals surface area contributed by atoms with Gasteiger partial charge in [0.1, 0.15) is 0 Å². The molecule has 3 nitrogen and oxygen atoms in total. The largest absolute Gasteiger partial charge is 0.398 e. The highest BCUT2D eigenvalue weighted by atomic mass is 15.3. The maximum atomic E-state index is 6.10. The maximum absolute atomic E-state index is 6.10. The average Bonchev–Trinajstić information content (AvgIpc) is 3.30. The van der Waals surface area contributed by atoms with Gasteiger partial charge < -0.3 is 10.6 Å². The van der Waals surface area contributed by atoms with E-state index in [0.29, 0.717) is 0 Å². The summed E-state index contributed by atoms with van der Waals surface area (Å²) in [5, 5.41) is 0. The first-order valence-electron chi connectivity index (χ1n) is 7.70. The van der Waals surface area contributed by atoms with Crippen molar-refractivity contribution < 1.29 is 0 Å². The molecule has 2 saturated carbocycles. The summed E-state index contributed by atoms with van der Waals surface area (Å²) in [5.41, 5.74) is 9.86. The fourth-order valence-electron chi connectivity index (χ4n) is 3.29. The lowest BCUT2D eigenvalue weighted by Crippen LogP contribution is -2.47. The minimum Gasteiger partial charge on any atom is -0.398 e. The molecule has 3 fully saturated rings. The maximum Gasteiger partial charge on any atom is 0.0371 e. The molecule has 0 bridgehead atoms. The van der Waals surface area contributed by atoms with Crippen LogP contribution in [0.15, 0.2) is 18.2 Å². The number of rotatable bonds is 3. The third kappa shape index (κ3) is 2.32. The lowest BCUT2D eigenvalue weighted by molar-refractivity contribution is 0.248. The number of anilines is 2. The van der Waals surface area contributed by atoms with Crippen molar-refractivity contribution in [3.8, 4) is 0 Å². The van der Waals surface area contributed by atoms with Gasteiger partial charge in [0.25, 0.3) is 0 Å². The summed E-state index contributed by atoms with van der Waals surface area (Å²) in [6.45, 7) is 4.80. The molecule has 0 radical (unpaired) electrons. The fraction of sp³-hybridized carbons (Fsp3) is 0.625. The van der Waals surface area contributed by atoms with Crippen LogP contribution in [0.1, 0.15) is 37.2 Å². The Morgan fingerprint density at radius 2 is 1.68 bits per heavy atom. The Hall–Kier alpha value is -1.22. The molecule has 0 atom stereocenters. The van der Waals surface area contributed by atoms with Gasteiger partial charge in [-0.25, -0.2) is 0 Å². The summed E-state index contributed by atoms with van der Waals surface area (Å²) >= 11 is 0. The second-order valence-corrected chi connectivity index (χ2v) is 6.34. The van der Waals surface area contributed by atoms with E-state index in [1.54, 1.807) is 0 Å². The molecule has 0 amide bonds. The van der Waals surface area contributed by atoms with Gasteiger partial charge in [-0.3, -0.25) is 4.90 Å². The molecule has 3 heteroatoms. The molecule has 0 aromatic heterocycles. The monoisotopic (exact) mass is 257 g/mol. The number of nitrogen functional groups attached to an aromatic ring is 1. The average molecular weight is 257 g/mol. The van der Waals surface area contributed by atoms with E-state index in [-0.39, 0.29) is 0 Å². The summed E-state index contributed by atoms with van der Waals surface area (Å²) in [7, 11) is 0. The van der Waals surface area contributed by atoms with Gasteiger partial charge in [0.2, 0.25) is 0 Å². The van der Waals surface area contributed by atoms with Gasteiger partial charge in [-0.15, -0.1) is 0 Å². The Bertz CT molecular complexity index is 469. The number of hydrogen-bond donors (Lipinski definition) is 1. The summed E-state index contributed by atoms with van der Waals surface area (Å²) < 4.78 is 0. The molecule has 1 aromatic carbocycles. The van der Waals surface area contributed by atoms with Gasteiger partial charge in [-0.2, -0.15) is 0 Å². The molecule has 2 N–H and O–H groups in total. The van der Waals surface area contributed by atoms with Gasteiger partial charge in [0.15, 0.2) is 0 Å². The van der Waals surface area contributed by atoms with Crippen molar-refractivity contribution in [2.75, 3.05) is 36.8 Å².